The summed E-state index contributed by atoms with van der Waals surface area (Å²) in [6, 6.07) is 23.4. The average Bonchev–Trinajstić information content (AvgIpc) is 3.27. The molecule has 0 unspecified atom stereocenters. The smallest absolute Gasteiger partial charge is 0.387 e. The number of nitrogens with zero attached hydrogens (tertiary/aromatic N) is 2. The van der Waals surface area contributed by atoms with Gasteiger partial charge in [0.25, 0.3) is 0 Å². The molecule has 0 saturated heterocycles. The quantitative estimate of drug-likeness (QED) is 0.242. The highest BCUT2D eigenvalue weighted by Crippen LogP contribution is 2.29. The zero-order chi connectivity index (χ0) is 27.0. The summed E-state index contributed by atoms with van der Waals surface area (Å²) in [5, 5.41) is 16.4. The van der Waals surface area contributed by atoms with Crippen molar-refractivity contribution in [1.29, 1.82) is 0 Å². The summed E-state index contributed by atoms with van der Waals surface area (Å²) in [5.41, 5.74) is 2.18. The van der Waals surface area contributed by atoms with Gasteiger partial charge in [-0.15, -0.1) is 0 Å². The van der Waals surface area contributed by atoms with Gasteiger partial charge < -0.3 is 20.3 Å². The summed E-state index contributed by atoms with van der Waals surface area (Å²) < 4.78 is 40.6. The SMILES string of the molecule is O=C(Cc1nc(CCNC[C@H](O)c2ccccc2)cn1Cc1ccc(C(F)(F)F)cc1)Nc1ccccc1. The Kier molecular flexibility index (Phi) is 8.93. The number of rotatable bonds is 11. The van der Waals surface area contributed by atoms with Crippen LogP contribution in [0, 0.1) is 0 Å². The number of anilines is 1. The average molecular weight is 523 g/mol. The van der Waals surface area contributed by atoms with Crippen molar-refractivity contribution in [3.05, 3.63) is 119 Å². The predicted octanol–water partition coefficient (Wildman–Crippen LogP) is 5.00. The van der Waals surface area contributed by atoms with Crippen LogP contribution in [0.1, 0.15) is 34.3 Å². The molecule has 0 fully saturated rings. The summed E-state index contributed by atoms with van der Waals surface area (Å²) in [6.07, 6.45) is -2.66. The van der Waals surface area contributed by atoms with E-state index in [9.17, 15) is 23.1 Å². The monoisotopic (exact) mass is 522 g/mol. The molecule has 0 spiro atoms. The first kappa shape index (κ1) is 27.1. The van der Waals surface area contributed by atoms with Crippen molar-refractivity contribution in [2.45, 2.75) is 31.7 Å². The zero-order valence-corrected chi connectivity index (χ0v) is 20.7. The summed E-state index contributed by atoms with van der Waals surface area (Å²) in [6.45, 7) is 1.21. The third-order valence-electron chi connectivity index (χ3n) is 6.00. The van der Waals surface area contributed by atoms with Gasteiger partial charge in [-0.05, 0) is 35.4 Å². The summed E-state index contributed by atoms with van der Waals surface area (Å²) >= 11 is 0. The number of benzene rings is 3. The van der Waals surface area contributed by atoms with Gasteiger partial charge in [-0.25, -0.2) is 4.98 Å². The Balaban J connectivity index is 1.42. The molecule has 6 nitrogen and oxygen atoms in total. The van der Waals surface area contributed by atoms with Gasteiger partial charge in [-0.3, -0.25) is 4.79 Å². The topological polar surface area (TPSA) is 79.2 Å². The van der Waals surface area contributed by atoms with Crippen LogP contribution < -0.4 is 10.6 Å². The number of carbonyl (C=O) groups is 1. The van der Waals surface area contributed by atoms with Gasteiger partial charge in [0.15, 0.2) is 0 Å². The van der Waals surface area contributed by atoms with Crippen LogP contribution in [0.5, 0.6) is 0 Å². The van der Waals surface area contributed by atoms with E-state index in [4.69, 9.17) is 0 Å². The number of amides is 1. The fourth-order valence-corrected chi connectivity index (χ4v) is 4.03. The van der Waals surface area contributed by atoms with E-state index in [0.717, 1.165) is 23.4 Å². The lowest BCUT2D eigenvalue weighted by atomic mass is 10.1. The number of carbonyl (C=O) groups excluding carboxylic acids is 1. The van der Waals surface area contributed by atoms with Crippen molar-refractivity contribution in [2.24, 2.45) is 0 Å². The van der Waals surface area contributed by atoms with Gasteiger partial charge in [-0.2, -0.15) is 13.2 Å². The Morgan fingerprint density at radius 1 is 0.947 bits per heavy atom. The number of aliphatic hydroxyl groups excluding tert-OH is 1. The molecule has 0 saturated carbocycles. The minimum absolute atomic E-state index is 0.00960. The number of halogens is 3. The minimum Gasteiger partial charge on any atom is -0.387 e. The molecule has 0 aliphatic carbocycles. The van der Waals surface area contributed by atoms with Gasteiger partial charge in [0.2, 0.25) is 5.91 Å². The molecule has 1 atom stereocenters. The zero-order valence-electron chi connectivity index (χ0n) is 20.7. The number of hydrogen-bond donors (Lipinski definition) is 3. The molecule has 0 aliphatic heterocycles. The maximum absolute atomic E-state index is 12.9. The van der Waals surface area contributed by atoms with E-state index in [-0.39, 0.29) is 18.9 Å². The fourth-order valence-electron chi connectivity index (χ4n) is 4.03. The molecule has 3 aromatic carbocycles. The molecule has 198 valence electrons. The highest BCUT2D eigenvalue weighted by atomic mass is 19.4. The number of alkyl halides is 3. The molecule has 0 radical (unpaired) electrons. The standard InChI is InChI=1S/C29H29F3N4O2/c30-29(31,32)23-13-11-21(12-14-23)19-36-20-25(15-16-33-18-26(37)22-7-3-1-4-8-22)34-27(36)17-28(38)35-24-9-5-2-6-10-24/h1-14,20,26,33,37H,15-19H2,(H,35,38)/t26-/m0/s1. The molecule has 3 N–H and O–H groups in total. The highest BCUT2D eigenvalue weighted by Gasteiger charge is 2.30. The van der Waals surface area contributed by atoms with Crippen molar-refractivity contribution in [3.8, 4) is 0 Å². The van der Waals surface area contributed by atoms with E-state index in [1.165, 1.54) is 12.1 Å². The predicted molar refractivity (Wildman–Crippen MR) is 140 cm³/mol. The Labute approximate surface area is 219 Å². The van der Waals surface area contributed by atoms with Gasteiger partial charge in [0, 0.05) is 37.9 Å². The van der Waals surface area contributed by atoms with Crippen molar-refractivity contribution >= 4 is 11.6 Å². The van der Waals surface area contributed by atoms with Crippen molar-refractivity contribution in [1.82, 2.24) is 14.9 Å². The lowest BCUT2D eigenvalue weighted by Crippen LogP contribution is -2.23. The number of hydrogen-bond acceptors (Lipinski definition) is 4. The Hall–Kier alpha value is -3.95. The maximum atomic E-state index is 12.9. The van der Waals surface area contributed by atoms with E-state index < -0.39 is 17.8 Å². The van der Waals surface area contributed by atoms with Crippen molar-refractivity contribution in [3.63, 3.8) is 0 Å². The van der Waals surface area contributed by atoms with Crippen LogP contribution in [0.15, 0.2) is 91.1 Å². The van der Waals surface area contributed by atoms with Crippen LogP contribution in [0.3, 0.4) is 0 Å². The Morgan fingerprint density at radius 2 is 1.61 bits per heavy atom. The summed E-state index contributed by atoms with van der Waals surface area (Å²) in [4.78, 5) is 17.3. The Morgan fingerprint density at radius 3 is 2.26 bits per heavy atom. The molecular formula is C29H29F3N4O2. The van der Waals surface area contributed by atoms with Gasteiger partial charge in [0.1, 0.15) is 5.82 Å². The van der Waals surface area contributed by atoms with Gasteiger partial charge in [0.05, 0.1) is 23.8 Å². The molecule has 1 heterocycles. The fraction of sp³-hybridized carbons (Fsp3) is 0.241. The van der Waals surface area contributed by atoms with Crippen molar-refractivity contribution < 1.29 is 23.1 Å². The Bertz CT molecular complexity index is 1310. The van der Waals surface area contributed by atoms with Crippen molar-refractivity contribution in [2.75, 3.05) is 18.4 Å². The number of imidazole rings is 1. The lowest BCUT2D eigenvalue weighted by molar-refractivity contribution is -0.137. The van der Waals surface area contributed by atoms with Gasteiger partial charge >= 0.3 is 6.18 Å². The number of aliphatic hydroxyl groups is 1. The second kappa shape index (κ2) is 12.5. The number of para-hydroxylation sites is 1. The maximum Gasteiger partial charge on any atom is 0.416 e. The van der Waals surface area contributed by atoms with E-state index in [2.05, 4.69) is 15.6 Å². The van der Waals surface area contributed by atoms with Crippen LogP contribution in [0.4, 0.5) is 18.9 Å². The largest absolute Gasteiger partial charge is 0.416 e. The molecule has 38 heavy (non-hydrogen) atoms. The molecule has 1 aromatic heterocycles. The van der Waals surface area contributed by atoms with Crippen LogP contribution in [-0.2, 0) is 30.4 Å². The van der Waals surface area contributed by atoms with E-state index in [1.807, 2.05) is 54.7 Å². The number of aromatic nitrogens is 2. The summed E-state index contributed by atoms with van der Waals surface area (Å²) in [5.74, 6) is 0.267. The van der Waals surface area contributed by atoms with Crippen LogP contribution in [-0.4, -0.2) is 33.7 Å². The third kappa shape index (κ3) is 7.77. The molecule has 1 amide bonds. The lowest BCUT2D eigenvalue weighted by Gasteiger charge is -2.11. The molecule has 4 rings (SSSR count). The third-order valence-corrected chi connectivity index (χ3v) is 6.00. The highest BCUT2D eigenvalue weighted by molar-refractivity contribution is 5.91. The van der Waals surface area contributed by atoms with Crippen LogP contribution in [0.25, 0.3) is 0 Å². The second-order valence-electron chi connectivity index (χ2n) is 8.94. The first-order valence-electron chi connectivity index (χ1n) is 12.3. The molecule has 9 heteroatoms. The molecule has 0 bridgehead atoms. The first-order valence-corrected chi connectivity index (χ1v) is 12.3. The summed E-state index contributed by atoms with van der Waals surface area (Å²) in [7, 11) is 0. The molecule has 0 aliphatic rings. The van der Waals surface area contributed by atoms with Crippen LogP contribution >= 0.6 is 0 Å². The van der Waals surface area contributed by atoms with E-state index in [0.29, 0.717) is 36.6 Å². The second-order valence-corrected chi connectivity index (χ2v) is 8.94. The van der Waals surface area contributed by atoms with E-state index >= 15 is 0 Å². The number of nitrogens with one attached hydrogen (secondary N) is 2. The van der Waals surface area contributed by atoms with E-state index in [1.54, 1.807) is 16.7 Å². The normalized spacial score (nSPS) is 12.3. The van der Waals surface area contributed by atoms with Crippen LogP contribution in [0.2, 0.25) is 0 Å². The molecule has 4 aromatic rings. The first-order chi connectivity index (χ1) is 18.3. The molecular weight excluding hydrogens is 493 g/mol. The minimum atomic E-state index is -4.40. The van der Waals surface area contributed by atoms with Gasteiger partial charge in [-0.1, -0.05) is 60.7 Å².